The van der Waals surface area contributed by atoms with Crippen LogP contribution in [-0.4, -0.2) is 38.7 Å². The molecule has 0 aliphatic carbocycles. The summed E-state index contributed by atoms with van der Waals surface area (Å²) in [4.78, 5) is 20.0. The Bertz CT molecular complexity index is 234. The van der Waals surface area contributed by atoms with Crippen LogP contribution in [0.25, 0.3) is 0 Å². The van der Waals surface area contributed by atoms with Crippen LogP contribution in [0.1, 0.15) is 19.8 Å². The molecule has 0 fully saturated rings. The topological polar surface area (TPSA) is 77.8 Å². The molecular weight excluding hydrogens is 313 g/mol. The van der Waals surface area contributed by atoms with Gasteiger partial charge in [-0.1, -0.05) is 41.9 Å². The van der Waals surface area contributed by atoms with Crippen molar-refractivity contribution in [1.82, 2.24) is 4.90 Å². The predicted molar refractivity (Wildman–Crippen MR) is 65.0 cm³/mol. The number of halogens is 1. The van der Waals surface area contributed by atoms with Gasteiger partial charge in [-0.3, -0.25) is 4.79 Å². The average molecular weight is 327 g/mol. The van der Waals surface area contributed by atoms with E-state index in [1.807, 2.05) is 6.92 Å². The summed E-state index contributed by atoms with van der Waals surface area (Å²) in [5, 5.41) is 15.5. The molecule has 1 amide bonds. The summed E-state index contributed by atoms with van der Waals surface area (Å²) in [7, 11) is 0. The fourth-order valence-electron chi connectivity index (χ4n) is 0.641. The average Bonchev–Trinajstić information content (AvgIpc) is 2.19. The number of nitrogens with zero attached hydrogens (tertiary/aromatic N) is 1. The molecule has 0 spiro atoms. The highest BCUT2D eigenvalue weighted by Gasteiger charge is 2.06. The number of hydrogen-bond donors (Lipinski definition) is 2. The van der Waals surface area contributed by atoms with Gasteiger partial charge in [-0.05, 0) is 6.42 Å². The van der Waals surface area contributed by atoms with Gasteiger partial charge >= 0.3 is 6.09 Å². The van der Waals surface area contributed by atoms with Gasteiger partial charge in [0.15, 0.2) is 0 Å². The van der Waals surface area contributed by atoms with Gasteiger partial charge in [0.2, 0.25) is 0 Å². The lowest BCUT2D eigenvalue weighted by atomic mass is 10.3. The standard InChI is InChI=1S/C8H12INO2.CH2O2/c1-2-3-6-10(8(11)12)7-4-5-9;2-1-3/h2-3,5-6H2,1H3,(H,11,12);1H,(H,2,3). The first-order valence-electron chi connectivity index (χ1n) is 4.26. The number of rotatable bonds is 3. The smallest absolute Gasteiger partial charge is 0.419 e. The largest absolute Gasteiger partial charge is 0.483 e. The molecule has 6 heteroatoms. The highest BCUT2D eigenvalue weighted by Crippen LogP contribution is 1.93. The van der Waals surface area contributed by atoms with E-state index >= 15 is 0 Å². The normalized spacial score (nSPS) is 7.60. The van der Waals surface area contributed by atoms with Gasteiger partial charge in [0.1, 0.15) is 0 Å². The highest BCUT2D eigenvalue weighted by atomic mass is 127. The molecule has 0 aliphatic rings. The molecular formula is C9H14INO4. The predicted octanol–water partition coefficient (Wildman–Crippen LogP) is 1.86. The Morgan fingerprint density at radius 1 is 1.60 bits per heavy atom. The van der Waals surface area contributed by atoms with Crippen molar-refractivity contribution in [1.29, 1.82) is 0 Å². The molecule has 0 saturated carbocycles. The van der Waals surface area contributed by atoms with Crippen molar-refractivity contribution < 1.29 is 19.8 Å². The van der Waals surface area contributed by atoms with E-state index in [-0.39, 0.29) is 6.47 Å². The van der Waals surface area contributed by atoms with Crippen LogP contribution in [0.15, 0.2) is 0 Å². The minimum atomic E-state index is -0.958. The van der Waals surface area contributed by atoms with Gasteiger partial charge in [-0.15, -0.1) is 0 Å². The molecule has 0 rings (SSSR count). The molecule has 0 aromatic heterocycles. The summed E-state index contributed by atoms with van der Waals surface area (Å²) >= 11 is 2.09. The first-order valence-corrected chi connectivity index (χ1v) is 5.79. The van der Waals surface area contributed by atoms with E-state index in [0.717, 1.165) is 17.7 Å². The third kappa shape index (κ3) is 13.0. The molecule has 0 radical (unpaired) electrons. The van der Waals surface area contributed by atoms with E-state index in [2.05, 4.69) is 34.6 Å². The molecule has 0 unspecified atom stereocenters. The summed E-state index contributed by atoms with van der Waals surface area (Å²) in [6.07, 6.45) is 0.888. The molecule has 2 N–H and O–H groups in total. The van der Waals surface area contributed by atoms with E-state index in [1.54, 1.807) is 0 Å². The van der Waals surface area contributed by atoms with Crippen LogP contribution in [0, 0.1) is 12.0 Å². The number of carboxylic acid groups (broad SMARTS) is 2. The van der Waals surface area contributed by atoms with Gasteiger partial charge < -0.3 is 10.2 Å². The van der Waals surface area contributed by atoms with Gasteiger partial charge in [0.25, 0.3) is 6.47 Å². The minimum Gasteiger partial charge on any atom is -0.483 e. The van der Waals surface area contributed by atoms with E-state index in [4.69, 9.17) is 15.0 Å². The molecule has 0 bridgehead atoms. The maximum absolute atomic E-state index is 10.5. The second-order valence-electron chi connectivity index (χ2n) is 2.32. The Kier molecular flexibility index (Phi) is 14.3. The van der Waals surface area contributed by atoms with E-state index in [9.17, 15) is 4.79 Å². The molecule has 5 nitrogen and oxygen atoms in total. The summed E-state index contributed by atoms with van der Waals surface area (Å²) in [5.41, 5.74) is 0. The minimum absolute atomic E-state index is 0.250. The van der Waals surface area contributed by atoms with Crippen LogP contribution < -0.4 is 0 Å². The lowest BCUT2D eigenvalue weighted by molar-refractivity contribution is -0.122. The fraction of sp³-hybridized carbons (Fsp3) is 0.556. The van der Waals surface area contributed by atoms with Gasteiger partial charge in [0.05, 0.1) is 4.43 Å². The van der Waals surface area contributed by atoms with E-state index in [0.29, 0.717) is 11.0 Å². The van der Waals surface area contributed by atoms with Crippen LogP contribution in [0.5, 0.6) is 0 Å². The number of carbonyl (C=O) groups is 2. The molecule has 0 aromatic carbocycles. The summed E-state index contributed by atoms with van der Waals surface area (Å²) in [6.45, 7) is 2.28. The number of alkyl halides is 1. The quantitative estimate of drug-likeness (QED) is 0.273. The SMILES string of the molecule is CCCCN(C#CCI)C(=O)O.O=CO. The molecule has 0 aromatic rings. The molecule has 0 aliphatic heterocycles. The lowest BCUT2D eigenvalue weighted by Gasteiger charge is -2.09. The van der Waals surface area contributed by atoms with E-state index < -0.39 is 6.09 Å². The Labute approximate surface area is 103 Å². The van der Waals surface area contributed by atoms with Crippen LogP contribution in [-0.2, 0) is 4.79 Å². The first-order chi connectivity index (χ1) is 7.13. The number of hydrogen-bond acceptors (Lipinski definition) is 2. The Morgan fingerprint density at radius 2 is 2.13 bits per heavy atom. The summed E-state index contributed by atoms with van der Waals surface area (Å²) in [5.74, 6) is 2.72. The van der Waals surface area contributed by atoms with Crippen molar-refractivity contribution in [2.24, 2.45) is 0 Å². The molecule has 0 heterocycles. The first kappa shape index (κ1) is 16.5. The molecule has 86 valence electrons. The second-order valence-corrected chi connectivity index (χ2v) is 3.08. The third-order valence-corrected chi connectivity index (χ3v) is 1.63. The highest BCUT2D eigenvalue weighted by molar-refractivity contribution is 14.1. The van der Waals surface area contributed by atoms with Gasteiger partial charge in [-0.2, -0.15) is 0 Å². The molecule has 0 atom stereocenters. The van der Waals surface area contributed by atoms with Crippen LogP contribution in [0.3, 0.4) is 0 Å². The Balaban J connectivity index is 0. The summed E-state index contributed by atoms with van der Waals surface area (Å²) < 4.78 is 0.660. The number of unbranched alkanes of at least 4 members (excludes halogenated alkanes) is 1. The number of amides is 1. The van der Waals surface area contributed by atoms with Crippen molar-refractivity contribution in [2.45, 2.75) is 19.8 Å². The third-order valence-electron chi connectivity index (χ3n) is 1.25. The zero-order chi connectivity index (χ0) is 12.1. The van der Waals surface area contributed by atoms with Gasteiger partial charge in [0, 0.05) is 12.6 Å². The maximum atomic E-state index is 10.5. The second kappa shape index (κ2) is 13.0. The van der Waals surface area contributed by atoms with Crippen molar-refractivity contribution in [3.05, 3.63) is 0 Å². The van der Waals surface area contributed by atoms with Crippen LogP contribution in [0.2, 0.25) is 0 Å². The zero-order valence-corrected chi connectivity index (χ0v) is 10.6. The van der Waals surface area contributed by atoms with Crippen LogP contribution >= 0.6 is 22.6 Å². The Hall–Kier alpha value is -0.970. The Morgan fingerprint density at radius 3 is 2.47 bits per heavy atom. The van der Waals surface area contributed by atoms with Crippen molar-refractivity contribution >= 4 is 35.2 Å². The molecule has 0 saturated heterocycles. The summed E-state index contributed by atoms with van der Waals surface area (Å²) in [6, 6.07) is 2.58. The lowest BCUT2D eigenvalue weighted by Crippen LogP contribution is -2.25. The fourth-order valence-corrected chi connectivity index (χ4v) is 0.811. The van der Waals surface area contributed by atoms with Crippen molar-refractivity contribution in [3.63, 3.8) is 0 Å². The van der Waals surface area contributed by atoms with Crippen LogP contribution in [0.4, 0.5) is 4.79 Å². The van der Waals surface area contributed by atoms with E-state index in [1.165, 1.54) is 0 Å². The molecule has 15 heavy (non-hydrogen) atoms. The maximum Gasteiger partial charge on any atom is 0.419 e. The van der Waals surface area contributed by atoms with Crippen molar-refractivity contribution in [3.8, 4) is 12.0 Å². The monoisotopic (exact) mass is 327 g/mol. The van der Waals surface area contributed by atoms with Crippen molar-refractivity contribution in [2.75, 3.05) is 11.0 Å². The van der Waals surface area contributed by atoms with Gasteiger partial charge in [-0.25, -0.2) is 9.69 Å². The zero-order valence-electron chi connectivity index (χ0n) is 8.44.